The van der Waals surface area contributed by atoms with Crippen LogP contribution < -0.4 is 10.2 Å². The molecule has 1 unspecified atom stereocenters. The van der Waals surface area contributed by atoms with Crippen LogP contribution in [-0.2, 0) is 17.5 Å². The van der Waals surface area contributed by atoms with Crippen molar-refractivity contribution in [1.82, 2.24) is 5.32 Å². The number of amides is 1. The van der Waals surface area contributed by atoms with Crippen molar-refractivity contribution in [2.75, 3.05) is 13.6 Å². The van der Waals surface area contributed by atoms with E-state index in [1.165, 1.54) is 12.1 Å². The molecule has 0 saturated carbocycles. The topological polar surface area (TPSA) is 33.5 Å². The summed E-state index contributed by atoms with van der Waals surface area (Å²) in [5.41, 5.74) is 0.976. The number of carbonyl (C=O) groups excluding carboxylic acids is 1. The zero-order valence-electron chi connectivity index (χ0n) is 14.5. The molecule has 26 heavy (non-hydrogen) atoms. The molecule has 2 aromatic carbocycles. The summed E-state index contributed by atoms with van der Waals surface area (Å²) in [4.78, 5) is 13.1. The molecular formula is C19H21ClF3N2O+. The Kier molecular flexibility index (Phi) is 6.67. The molecule has 1 amide bonds. The fourth-order valence-electron chi connectivity index (χ4n) is 2.65. The van der Waals surface area contributed by atoms with Crippen molar-refractivity contribution in [3.63, 3.8) is 0 Å². The van der Waals surface area contributed by atoms with E-state index in [1.807, 2.05) is 26.1 Å². The zero-order chi connectivity index (χ0) is 19.3. The van der Waals surface area contributed by atoms with Gasteiger partial charge >= 0.3 is 6.18 Å². The fraction of sp³-hybridized carbons (Fsp3) is 0.316. The molecule has 0 bridgehead atoms. The first-order chi connectivity index (χ1) is 12.1. The Morgan fingerprint density at radius 1 is 1.19 bits per heavy atom. The van der Waals surface area contributed by atoms with Crippen LogP contribution in [0, 0.1) is 0 Å². The summed E-state index contributed by atoms with van der Waals surface area (Å²) < 4.78 is 37.7. The highest BCUT2D eigenvalue weighted by atomic mass is 35.5. The molecule has 7 heteroatoms. The number of carbonyl (C=O) groups is 1. The summed E-state index contributed by atoms with van der Waals surface area (Å²) in [6, 6.07) is 12.1. The molecule has 2 N–H and O–H groups in total. The van der Waals surface area contributed by atoms with Gasteiger partial charge in [-0.2, -0.15) is 13.2 Å². The van der Waals surface area contributed by atoms with Gasteiger partial charge in [0.1, 0.15) is 6.54 Å². The number of benzene rings is 2. The number of halogens is 4. The van der Waals surface area contributed by atoms with Gasteiger partial charge in [0.15, 0.2) is 6.54 Å². The van der Waals surface area contributed by atoms with Crippen molar-refractivity contribution in [2.24, 2.45) is 0 Å². The molecule has 2 aromatic rings. The molecule has 0 aromatic heterocycles. The third-order valence-corrected chi connectivity index (χ3v) is 4.21. The molecule has 2 rings (SSSR count). The van der Waals surface area contributed by atoms with Crippen molar-refractivity contribution >= 4 is 17.5 Å². The lowest BCUT2D eigenvalue weighted by Gasteiger charge is -2.18. The molecule has 0 saturated heterocycles. The summed E-state index contributed by atoms with van der Waals surface area (Å²) >= 11 is 5.95. The summed E-state index contributed by atoms with van der Waals surface area (Å²) in [5, 5.41) is 3.51. The number of quaternary nitrogens is 1. The van der Waals surface area contributed by atoms with E-state index in [2.05, 4.69) is 5.32 Å². The largest absolute Gasteiger partial charge is 0.416 e. The number of hydrogen-bond donors (Lipinski definition) is 2. The van der Waals surface area contributed by atoms with Crippen LogP contribution in [0.1, 0.15) is 29.7 Å². The van der Waals surface area contributed by atoms with E-state index in [0.29, 0.717) is 11.6 Å². The lowest BCUT2D eigenvalue weighted by Crippen LogP contribution is -3.08. The van der Waals surface area contributed by atoms with E-state index in [0.717, 1.165) is 28.2 Å². The smallest absolute Gasteiger partial charge is 0.345 e. The quantitative estimate of drug-likeness (QED) is 0.786. The number of likely N-dealkylation sites (N-methyl/N-ethyl adjacent to an activating group) is 1. The van der Waals surface area contributed by atoms with E-state index in [-0.39, 0.29) is 18.5 Å². The van der Waals surface area contributed by atoms with Gasteiger partial charge in [0, 0.05) is 10.6 Å². The second-order valence-corrected chi connectivity index (χ2v) is 6.79. The Balaban J connectivity index is 1.87. The van der Waals surface area contributed by atoms with Crippen LogP contribution in [0.3, 0.4) is 0 Å². The number of hydrogen-bond acceptors (Lipinski definition) is 1. The Hall–Kier alpha value is -2.05. The minimum atomic E-state index is -4.34. The predicted molar refractivity (Wildman–Crippen MR) is 94.9 cm³/mol. The van der Waals surface area contributed by atoms with Gasteiger partial charge in [-0.25, -0.2) is 0 Å². The van der Waals surface area contributed by atoms with Crippen molar-refractivity contribution in [2.45, 2.75) is 25.7 Å². The number of rotatable bonds is 6. The van der Waals surface area contributed by atoms with Crippen LogP contribution in [-0.4, -0.2) is 19.5 Å². The monoisotopic (exact) mass is 385 g/mol. The summed E-state index contributed by atoms with van der Waals surface area (Å²) in [6.07, 6.45) is -4.34. The van der Waals surface area contributed by atoms with E-state index >= 15 is 0 Å². The van der Waals surface area contributed by atoms with Gasteiger partial charge in [-0.1, -0.05) is 35.9 Å². The number of alkyl halides is 3. The van der Waals surface area contributed by atoms with Crippen LogP contribution in [0.15, 0.2) is 48.5 Å². The molecular weight excluding hydrogens is 365 g/mol. The van der Waals surface area contributed by atoms with Crippen LogP contribution >= 0.6 is 11.6 Å². The third kappa shape index (κ3) is 6.04. The minimum Gasteiger partial charge on any atom is -0.345 e. The Morgan fingerprint density at radius 2 is 1.85 bits per heavy atom. The van der Waals surface area contributed by atoms with E-state index in [9.17, 15) is 18.0 Å². The lowest BCUT2D eigenvalue weighted by atomic mass is 10.1. The molecule has 3 nitrogen and oxygen atoms in total. The maximum absolute atomic E-state index is 12.6. The standard InChI is InChI=1S/C19H20ClF3N2O/c1-13(15-4-3-5-17(20)10-15)24-18(26)12-25(2)11-14-6-8-16(9-7-14)19(21,22)23/h3-10,13H,11-12H2,1-2H3,(H,24,26)/p+1/t13-/m0/s1. The van der Waals surface area contributed by atoms with Crippen molar-refractivity contribution < 1.29 is 22.9 Å². The molecule has 2 atom stereocenters. The first-order valence-electron chi connectivity index (χ1n) is 8.17. The second-order valence-electron chi connectivity index (χ2n) is 6.35. The van der Waals surface area contributed by atoms with Crippen molar-refractivity contribution in [3.05, 3.63) is 70.2 Å². The maximum Gasteiger partial charge on any atom is 0.416 e. The highest BCUT2D eigenvalue weighted by Gasteiger charge is 2.30. The van der Waals surface area contributed by atoms with Gasteiger partial charge in [0.2, 0.25) is 0 Å². The van der Waals surface area contributed by atoms with E-state index in [4.69, 9.17) is 11.6 Å². The summed E-state index contributed by atoms with van der Waals surface area (Å²) in [5.74, 6) is -0.137. The average molecular weight is 386 g/mol. The molecule has 140 valence electrons. The first kappa shape index (κ1) is 20.3. The highest BCUT2D eigenvalue weighted by Crippen LogP contribution is 2.28. The van der Waals surface area contributed by atoms with Crippen LogP contribution in [0.25, 0.3) is 0 Å². The van der Waals surface area contributed by atoms with Crippen LogP contribution in [0.5, 0.6) is 0 Å². The van der Waals surface area contributed by atoms with Crippen molar-refractivity contribution in [3.8, 4) is 0 Å². The van der Waals surface area contributed by atoms with Gasteiger partial charge in [-0.15, -0.1) is 0 Å². The van der Waals surface area contributed by atoms with Gasteiger partial charge in [0.25, 0.3) is 5.91 Å². The normalized spacial score (nSPS) is 13.9. The molecule has 0 heterocycles. The first-order valence-corrected chi connectivity index (χ1v) is 8.55. The van der Waals surface area contributed by atoms with Gasteiger partial charge < -0.3 is 10.2 Å². The average Bonchev–Trinajstić information content (AvgIpc) is 2.54. The minimum absolute atomic E-state index is 0.137. The predicted octanol–water partition coefficient (Wildman–Crippen LogP) is 3.25. The molecule has 0 fully saturated rings. The molecule has 0 aliphatic carbocycles. The van der Waals surface area contributed by atoms with E-state index < -0.39 is 11.7 Å². The third-order valence-electron chi connectivity index (χ3n) is 3.98. The SMILES string of the molecule is C[C@H](NC(=O)C[NH+](C)Cc1ccc(C(F)(F)F)cc1)c1cccc(Cl)c1. The Bertz CT molecular complexity index is 747. The van der Waals surface area contributed by atoms with Gasteiger partial charge in [-0.05, 0) is 36.8 Å². The van der Waals surface area contributed by atoms with Gasteiger partial charge in [0.05, 0.1) is 18.7 Å². The van der Waals surface area contributed by atoms with Crippen LogP contribution in [0.4, 0.5) is 13.2 Å². The van der Waals surface area contributed by atoms with Crippen LogP contribution in [0.2, 0.25) is 5.02 Å². The summed E-state index contributed by atoms with van der Waals surface area (Å²) in [7, 11) is 1.82. The second kappa shape index (κ2) is 8.56. The number of nitrogens with one attached hydrogen (secondary N) is 2. The lowest BCUT2D eigenvalue weighted by molar-refractivity contribution is -0.885. The molecule has 0 aliphatic heterocycles. The molecule has 0 aliphatic rings. The highest BCUT2D eigenvalue weighted by molar-refractivity contribution is 6.30. The van der Waals surface area contributed by atoms with E-state index in [1.54, 1.807) is 12.1 Å². The molecule has 0 radical (unpaired) electrons. The molecule has 0 spiro atoms. The van der Waals surface area contributed by atoms with Gasteiger partial charge in [-0.3, -0.25) is 4.79 Å². The maximum atomic E-state index is 12.6. The summed E-state index contributed by atoms with van der Waals surface area (Å²) in [6.45, 7) is 2.54. The Labute approximate surface area is 155 Å². The Morgan fingerprint density at radius 3 is 2.42 bits per heavy atom. The fourth-order valence-corrected chi connectivity index (χ4v) is 2.85. The zero-order valence-corrected chi connectivity index (χ0v) is 15.3. The van der Waals surface area contributed by atoms with Crippen molar-refractivity contribution in [1.29, 1.82) is 0 Å².